The van der Waals surface area contributed by atoms with Gasteiger partial charge in [0.1, 0.15) is 17.3 Å². The summed E-state index contributed by atoms with van der Waals surface area (Å²) in [5.74, 6) is -3.94. The molecule has 2 N–H and O–H groups in total. The maximum atomic E-state index is 14.7. The third-order valence-corrected chi connectivity index (χ3v) is 7.34. The zero-order valence-electron chi connectivity index (χ0n) is 20.1. The van der Waals surface area contributed by atoms with Crippen LogP contribution in [0.4, 0.5) is 8.78 Å². The van der Waals surface area contributed by atoms with E-state index in [1.165, 1.54) is 25.3 Å². The van der Waals surface area contributed by atoms with Gasteiger partial charge in [0, 0.05) is 11.1 Å². The van der Waals surface area contributed by atoms with Crippen molar-refractivity contribution in [1.29, 1.82) is 0 Å². The van der Waals surface area contributed by atoms with E-state index in [1.54, 1.807) is 36.4 Å². The van der Waals surface area contributed by atoms with Crippen LogP contribution in [0.5, 0.6) is 5.75 Å². The molecule has 0 saturated carbocycles. The molecule has 2 aliphatic rings. The lowest BCUT2D eigenvalue weighted by molar-refractivity contribution is -0.151. The standard InChI is InChI=1S/C26H26F2N2O6S/c1-36-22-9-4-3-6-17(22)16-12-14-26(15-13-16,29-37(2,34)35)25(33)30-20(10-11-21(30)24(31)32)18-7-5-8-19(27)23(18)28/h3-9,12-14,20-21,29H,10-11,15H2,1-2H3,(H,31,32)/t20-,21+,26?/m1/s1. The minimum Gasteiger partial charge on any atom is -0.496 e. The number of likely N-dealkylation sites (tertiary alicyclic amines) is 1. The van der Waals surface area contributed by atoms with Crippen molar-refractivity contribution >= 4 is 27.5 Å². The molecule has 0 radical (unpaired) electrons. The molecule has 2 aromatic carbocycles. The van der Waals surface area contributed by atoms with Gasteiger partial charge >= 0.3 is 5.97 Å². The number of hydrogen-bond donors (Lipinski definition) is 2. The summed E-state index contributed by atoms with van der Waals surface area (Å²) >= 11 is 0. The number of nitrogens with one attached hydrogen (secondary N) is 1. The molecule has 1 fully saturated rings. The Hall–Kier alpha value is -3.57. The molecule has 196 valence electrons. The first-order chi connectivity index (χ1) is 17.5. The number of aliphatic carboxylic acids is 1. The molecule has 1 unspecified atom stereocenters. The van der Waals surface area contributed by atoms with Crippen molar-refractivity contribution in [2.45, 2.75) is 36.9 Å². The number of rotatable bonds is 7. The predicted molar refractivity (Wildman–Crippen MR) is 132 cm³/mol. The Morgan fingerprint density at radius 2 is 1.86 bits per heavy atom. The lowest BCUT2D eigenvalue weighted by Gasteiger charge is -2.39. The van der Waals surface area contributed by atoms with Crippen LogP contribution >= 0.6 is 0 Å². The van der Waals surface area contributed by atoms with Gasteiger partial charge in [-0.15, -0.1) is 0 Å². The van der Waals surface area contributed by atoms with Gasteiger partial charge in [0.05, 0.1) is 19.4 Å². The van der Waals surface area contributed by atoms with E-state index in [9.17, 15) is 31.9 Å². The van der Waals surface area contributed by atoms with Crippen molar-refractivity contribution in [2.24, 2.45) is 0 Å². The highest BCUT2D eigenvalue weighted by atomic mass is 32.2. The minimum atomic E-state index is -3.97. The van der Waals surface area contributed by atoms with Crippen LogP contribution in [-0.2, 0) is 19.6 Å². The number of nitrogens with zero attached hydrogens (tertiary/aromatic N) is 1. The average molecular weight is 533 g/mol. The second-order valence-electron chi connectivity index (χ2n) is 9.05. The Balaban J connectivity index is 1.78. The topological polar surface area (TPSA) is 113 Å². The first-order valence-corrected chi connectivity index (χ1v) is 13.4. The van der Waals surface area contributed by atoms with Crippen LogP contribution < -0.4 is 9.46 Å². The number of carbonyl (C=O) groups is 2. The third kappa shape index (κ3) is 5.14. The largest absolute Gasteiger partial charge is 0.496 e. The lowest BCUT2D eigenvalue weighted by atomic mass is 9.85. The van der Waals surface area contributed by atoms with Gasteiger partial charge in [0.15, 0.2) is 11.6 Å². The zero-order chi connectivity index (χ0) is 27.0. The highest BCUT2D eigenvalue weighted by Gasteiger charge is 2.50. The van der Waals surface area contributed by atoms with Crippen molar-refractivity contribution in [1.82, 2.24) is 9.62 Å². The number of benzene rings is 2. The molecule has 0 spiro atoms. The first kappa shape index (κ1) is 26.5. The molecule has 0 bridgehead atoms. The summed E-state index contributed by atoms with van der Waals surface area (Å²) in [6.45, 7) is 0. The van der Waals surface area contributed by atoms with E-state index in [4.69, 9.17) is 4.74 Å². The van der Waals surface area contributed by atoms with Gasteiger partial charge in [-0.2, -0.15) is 4.72 Å². The molecule has 8 nitrogen and oxygen atoms in total. The van der Waals surface area contributed by atoms with Crippen molar-refractivity contribution in [3.05, 3.63) is 83.5 Å². The fourth-order valence-corrected chi connectivity index (χ4v) is 5.88. The number of carboxylic acids is 1. The SMILES string of the molecule is COc1ccccc1C1=CCC(NS(C)(=O)=O)(C(=O)N2[C@@H](c3cccc(F)c3F)CC[C@H]2C(=O)O)C=C1. The van der Waals surface area contributed by atoms with Crippen molar-refractivity contribution in [3.63, 3.8) is 0 Å². The van der Waals surface area contributed by atoms with Gasteiger partial charge in [-0.3, -0.25) is 4.79 Å². The van der Waals surface area contributed by atoms with Crippen molar-refractivity contribution < 1.29 is 36.6 Å². The molecular formula is C26H26F2N2O6S. The molecule has 37 heavy (non-hydrogen) atoms. The number of amides is 1. The van der Waals surface area contributed by atoms with Crippen LogP contribution in [0.3, 0.4) is 0 Å². The average Bonchev–Trinajstić information content (AvgIpc) is 3.30. The van der Waals surface area contributed by atoms with Crippen molar-refractivity contribution in [3.8, 4) is 5.75 Å². The molecule has 0 aromatic heterocycles. The van der Waals surface area contributed by atoms with E-state index < -0.39 is 51.2 Å². The summed E-state index contributed by atoms with van der Waals surface area (Å²) in [5, 5.41) is 9.84. The molecule has 11 heteroatoms. The van der Waals surface area contributed by atoms with Crippen LogP contribution in [0.1, 0.15) is 36.4 Å². The summed E-state index contributed by atoms with van der Waals surface area (Å²) in [4.78, 5) is 27.1. The Kier molecular flexibility index (Phi) is 7.20. The molecule has 4 rings (SSSR count). The highest BCUT2D eigenvalue weighted by Crippen LogP contribution is 2.41. The second-order valence-corrected chi connectivity index (χ2v) is 10.8. The quantitative estimate of drug-likeness (QED) is 0.565. The molecule has 1 amide bonds. The third-order valence-electron chi connectivity index (χ3n) is 6.60. The van der Waals surface area contributed by atoms with Gasteiger partial charge in [0.2, 0.25) is 15.9 Å². The summed E-state index contributed by atoms with van der Waals surface area (Å²) < 4.78 is 61.2. The van der Waals surface area contributed by atoms with Gasteiger partial charge < -0.3 is 14.7 Å². The summed E-state index contributed by atoms with van der Waals surface area (Å²) in [6.07, 6.45) is 5.36. The second kappa shape index (κ2) is 10.1. The van der Waals surface area contributed by atoms with Crippen LogP contribution in [0, 0.1) is 11.6 Å². The van der Waals surface area contributed by atoms with E-state index in [-0.39, 0.29) is 24.8 Å². The van der Waals surface area contributed by atoms with Gasteiger partial charge in [0.25, 0.3) is 0 Å². The predicted octanol–water partition coefficient (Wildman–Crippen LogP) is 3.42. The van der Waals surface area contributed by atoms with E-state index in [0.29, 0.717) is 16.9 Å². The van der Waals surface area contributed by atoms with Crippen molar-refractivity contribution in [2.75, 3.05) is 13.4 Å². The number of ether oxygens (including phenoxy) is 1. The first-order valence-electron chi connectivity index (χ1n) is 11.5. The van der Waals surface area contributed by atoms with E-state index in [2.05, 4.69) is 4.72 Å². The monoisotopic (exact) mass is 532 g/mol. The molecule has 2 aromatic rings. The summed E-state index contributed by atoms with van der Waals surface area (Å²) in [6, 6.07) is 8.19. The molecule has 1 heterocycles. The highest BCUT2D eigenvalue weighted by molar-refractivity contribution is 7.88. The Bertz CT molecular complexity index is 1410. The fourth-order valence-electron chi connectivity index (χ4n) is 4.98. The minimum absolute atomic E-state index is 0.0112. The Morgan fingerprint density at radius 1 is 1.14 bits per heavy atom. The summed E-state index contributed by atoms with van der Waals surface area (Å²) in [5.41, 5.74) is -0.665. The van der Waals surface area contributed by atoms with Gasteiger partial charge in [-0.25, -0.2) is 22.0 Å². The molecule has 1 aliphatic heterocycles. The number of sulfonamides is 1. The Morgan fingerprint density at radius 3 is 2.49 bits per heavy atom. The zero-order valence-corrected chi connectivity index (χ0v) is 21.0. The van der Waals surface area contributed by atoms with E-state index in [1.807, 2.05) is 0 Å². The number of allylic oxidation sites excluding steroid dienone is 2. The molecule has 3 atom stereocenters. The summed E-state index contributed by atoms with van der Waals surface area (Å²) in [7, 11) is -2.46. The number of halogens is 2. The number of hydrogen-bond acceptors (Lipinski definition) is 5. The van der Waals surface area contributed by atoms with E-state index >= 15 is 0 Å². The maximum Gasteiger partial charge on any atom is 0.326 e. The van der Waals surface area contributed by atoms with Crippen LogP contribution in [0.2, 0.25) is 0 Å². The fraction of sp³-hybridized carbons (Fsp3) is 0.308. The van der Waals surface area contributed by atoms with Crippen LogP contribution in [-0.4, -0.2) is 55.2 Å². The van der Waals surface area contributed by atoms with E-state index in [0.717, 1.165) is 17.2 Å². The number of para-hydroxylation sites is 1. The van der Waals surface area contributed by atoms with Crippen LogP contribution in [0.15, 0.2) is 60.7 Å². The number of carboxylic acid groups (broad SMARTS) is 1. The van der Waals surface area contributed by atoms with Crippen LogP contribution in [0.25, 0.3) is 5.57 Å². The van der Waals surface area contributed by atoms with Gasteiger partial charge in [-0.05, 0) is 37.0 Å². The maximum absolute atomic E-state index is 14.7. The molecular weight excluding hydrogens is 506 g/mol. The van der Waals surface area contributed by atoms with Gasteiger partial charge in [-0.1, -0.05) is 48.6 Å². The Labute approximate surface area is 213 Å². The number of carbonyl (C=O) groups excluding carboxylic acids is 1. The molecule has 1 saturated heterocycles. The number of methoxy groups -OCH3 is 1. The smallest absolute Gasteiger partial charge is 0.326 e. The normalized spacial score (nSPS) is 23.6. The lowest BCUT2D eigenvalue weighted by Crippen LogP contribution is -2.60. The molecule has 1 aliphatic carbocycles.